The number of thioether (sulfide) groups is 1. The number of hydrogen-bond donors (Lipinski definition) is 1. The lowest BCUT2D eigenvalue weighted by Gasteiger charge is -2.23. The molecule has 0 aliphatic heterocycles. The molecule has 16 heavy (non-hydrogen) atoms. The van der Waals surface area contributed by atoms with Crippen LogP contribution in [0.3, 0.4) is 0 Å². The normalized spacial score (nSPS) is 13.6. The van der Waals surface area contributed by atoms with Gasteiger partial charge in [0.15, 0.2) is 0 Å². The molecule has 0 fully saturated rings. The van der Waals surface area contributed by atoms with Crippen molar-refractivity contribution in [2.75, 3.05) is 33.1 Å². The molecule has 0 rings (SSSR count). The van der Waals surface area contributed by atoms with Crippen molar-refractivity contribution in [2.45, 2.75) is 31.6 Å². The lowest BCUT2D eigenvalue weighted by atomic mass is 10.3. The minimum absolute atomic E-state index is 0.0371. The zero-order valence-corrected chi connectivity index (χ0v) is 11.6. The summed E-state index contributed by atoms with van der Waals surface area (Å²) in [6.07, 6.45) is -0.612. The lowest BCUT2D eigenvalue weighted by Crippen LogP contribution is -2.37. The molecule has 1 N–H and O–H groups in total. The van der Waals surface area contributed by atoms with E-state index in [2.05, 4.69) is 20.8 Å². The predicted octanol–water partition coefficient (Wildman–Crippen LogP) is 0.984. The molecule has 0 aromatic heterocycles. The Bertz CT molecular complexity index is 216. The van der Waals surface area contributed by atoms with E-state index in [-0.39, 0.29) is 17.3 Å². The fraction of sp³-hybridized carbons (Fsp3) is 0.909. The van der Waals surface area contributed by atoms with Gasteiger partial charge in [-0.15, -0.1) is 11.8 Å². The van der Waals surface area contributed by atoms with Gasteiger partial charge in [0.05, 0.1) is 18.5 Å². The van der Waals surface area contributed by atoms with Gasteiger partial charge in [0.2, 0.25) is 5.91 Å². The molecule has 0 aliphatic rings. The molecule has 96 valence electrons. The van der Waals surface area contributed by atoms with Crippen molar-refractivity contribution in [1.29, 1.82) is 0 Å². The third kappa shape index (κ3) is 7.96. The Kier molecular flexibility index (Phi) is 7.03. The number of nitrogens with zero attached hydrogens (tertiary/aromatic N) is 1. The largest absolute Gasteiger partial charge is 0.389 e. The molecular weight excluding hydrogens is 226 g/mol. The van der Waals surface area contributed by atoms with Crippen LogP contribution in [0.4, 0.5) is 0 Å². The standard InChI is InChI=1S/C11H23NO3S/c1-11(2,3)16-8-10(14)12(4)6-9(13)7-15-5/h9,13H,6-8H2,1-5H3. The number of methoxy groups -OCH3 is 1. The Hall–Kier alpha value is -0.260. The van der Waals surface area contributed by atoms with Gasteiger partial charge in [0.25, 0.3) is 0 Å². The van der Waals surface area contributed by atoms with Gasteiger partial charge in [-0.3, -0.25) is 4.79 Å². The van der Waals surface area contributed by atoms with Gasteiger partial charge in [-0.1, -0.05) is 20.8 Å². The Morgan fingerprint density at radius 2 is 2.06 bits per heavy atom. The van der Waals surface area contributed by atoms with E-state index in [0.29, 0.717) is 12.3 Å². The summed E-state index contributed by atoms with van der Waals surface area (Å²) >= 11 is 1.61. The van der Waals surface area contributed by atoms with Crippen LogP contribution in [0.25, 0.3) is 0 Å². The average Bonchev–Trinajstić information content (AvgIpc) is 2.13. The second-order valence-electron chi connectivity index (χ2n) is 4.78. The van der Waals surface area contributed by atoms with Crippen LogP contribution in [-0.2, 0) is 9.53 Å². The fourth-order valence-electron chi connectivity index (χ4n) is 1.05. The van der Waals surface area contributed by atoms with Crippen molar-refractivity contribution in [3.8, 4) is 0 Å². The van der Waals surface area contributed by atoms with Gasteiger partial charge < -0.3 is 14.7 Å². The smallest absolute Gasteiger partial charge is 0.232 e. The Morgan fingerprint density at radius 1 is 1.50 bits per heavy atom. The van der Waals surface area contributed by atoms with Crippen molar-refractivity contribution in [1.82, 2.24) is 4.90 Å². The van der Waals surface area contributed by atoms with E-state index in [1.807, 2.05) is 0 Å². The number of hydrogen-bond acceptors (Lipinski definition) is 4. The quantitative estimate of drug-likeness (QED) is 0.762. The van der Waals surface area contributed by atoms with Gasteiger partial charge in [-0.2, -0.15) is 0 Å². The second kappa shape index (κ2) is 7.14. The topological polar surface area (TPSA) is 49.8 Å². The number of carbonyl (C=O) groups is 1. The van der Waals surface area contributed by atoms with Crippen molar-refractivity contribution >= 4 is 17.7 Å². The number of rotatable bonds is 6. The maximum atomic E-state index is 11.7. The highest BCUT2D eigenvalue weighted by Crippen LogP contribution is 2.22. The third-order valence-corrected chi connectivity index (χ3v) is 3.16. The molecular formula is C11H23NO3S. The number of likely N-dealkylation sites (N-methyl/N-ethyl adjacent to an activating group) is 1. The van der Waals surface area contributed by atoms with Gasteiger partial charge in [0.1, 0.15) is 0 Å². The molecule has 0 saturated heterocycles. The first kappa shape index (κ1) is 15.7. The van der Waals surface area contributed by atoms with Gasteiger partial charge >= 0.3 is 0 Å². The summed E-state index contributed by atoms with van der Waals surface area (Å²) < 4.78 is 4.89. The van der Waals surface area contributed by atoms with Crippen LogP contribution < -0.4 is 0 Å². The summed E-state index contributed by atoms with van der Waals surface area (Å²) in [5.74, 6) is 0.481. The number of ether oxygens (including phenoxy) is 1. The van der Waals surface area contributed by atoms with E-state index >= 15 is 0 Å². The highest BCUT2D eigenvalue weighted by Gasteiger charge is 2.17. The molecule has 0 spiro atoms. The molecule has 0 heterocycles. The van der Waals surface area contributed by atoms with Crippen LogP contribution in [0.15, 0.2) is 0 Å². The fourth-order valence-corrected chi connectivity index (χ4v) is 1.83. The number of carbonyl (C=O) groups excluding carboxylic acids is 1. The van der Waals surface area contributed by atoms with E-state index < -0.39 is 6.10 Å². The van der Waals surface area contributed by atoms with Crippen molar-refractivity contribution in [3.05, 3.63) is 0 Å². The minimum atomic E-state index is -0.612. The third-order valence-electron chi connectivity index (χ3n) is 1.90. The molecule has 1 amide bonds. The van der Waals surface area contributed by atoms with Crippen LogP contribution in [0.5, 0.6) is 0 Å². The minimum Gasteiger partial charge on any atom is -0.389 e. The Morgan fingerprint density at radius 3 is 2.50 bits per heavy atom. The van der Waals surface area contributed by atoms with Crippen LogP contribution in [0, 0.1) is 0 Å². The molecule has 0 aromatic rings. The molecule has 0 radical (unpaired) electrons. The van der Waals surface area contributed by atoms with Crippen LogP contribution >= 0.6 is 11.8 Å². The summed E-state index contributed by atoms with van der Waals surface area (Å²) in [7, 11) is 3.23. The maximum Gasteiger partial charge on any atom is 0.232 e. The van der Waals surface area contributed by atoms with E-state index in [0.717, 1.165) is 0 Å². The SMILES string of the molecule is COCC(O)CN(C)C(=O)CSC(C)(C)C. The molecule has 0 saturated carbocycles. The summed E-state index contributed by atoms with van der Waals surface area (Å²) in [5.41, 5.74) is 0. The number of aliphatic hydroxyl groups excluding tert-OH is 1. The zero-order chi connectivity index (χ0) is 12.8. The van der Waals surface area contributed by atoms with Crippen LogP contribution in [-0.4, -0.2) is 59.8 Å². The average molecular weight is 249 g/mol. The highest BCUT2D eigenvalue weighted by molar-refractivity contribution is 8.01. The lowest BCUT2D eigenvalue weighted by molar-refractivity contribution is -0.128. The van der Waals surface area contributed by atoms with Gasteiger partial charge in [0, 0.05) is 25.4 Å². The molecule has 4 nitrogen and oxygen atoms in total. The van der Waals surface area contributed by atoms with E-state index in [9.17, 15) is 9.90 Å². The summed E-state index contributed by atoms with van der Waals surface area (Å²) in [4.78, 5) is 13.2. The van der Waals surface area contributed by atoms with Crippen molar-refractivity contribution in [2.24, 2.45) is 0 Å². The zero-order valence-electron chi connectivity index (χ0n) is 10.8. The molecule has 0 bridgehead atoms. The Balaban J connectivity index is 3.90. The summed E-state index contributed by atoms with van der Waals surface area (Å²) in [6, 6.07) is 0. The monoisotopic (exact) mass is 249 g/mol. The Labute approximate surface area is 102 Å². The maximum absolute atomic E-state index is 11.7. The first-order valence-electron chi connectivity index (χ1n) is 5.31. The van der Waals surface area contributed by atoms with E-state index in [1.54, 1.807) is 23.7 Å². The van der Waals surface area contributed by atoms with Crippen molar-refractivity contribution in [3.63, 3.8) is 0 Å². The molecule has 0 aliphatic carbocycles. The van der Waals surface area contributed by atoms with Gasteiger partial charge in [-0.25, -0.2) is 0 Å². The van der Waals surface area contributed by atoms with E-state index in [1.165, 1.54) is 7.11 Å². The number of aliphatic hydroxyl groups is 1. The number of amides is 1. The van der Waals surface area contributed by atoms with Crippen LogP contribution in [0.2, 0.25) is 0 Å². The first-order valence-corrected chi connectivity index (χ1v) is 6.29. The van der Waals surface area contributed by atoms with Crippen molar-refractivity contribution < 1.29 is 14.6 Å². The first-order chi connectivity index (χ1) is 7.26. The summed E-state index contributed by atoms with van der Waals surface area (Å²) in [6.45, 7) is 6.79. The second-order valence-corrected chi connectivity index (χ2v) is 6.59. The van der Waals surface area contributed by atoms with Crippen LogP contribution in [0.1, 0.15) is 20.8 Å². The molecule has 0 aromatic carbocycles. The molecule has 5 heteroatoms. The molecule has 1 unspecified atom stereocenters. The van der Waals surface area contributed by atoms with E-state index in [4.69, 9.17) is 4.74 Å². The molecule has 1 atom stereocenters. The van der Waals surface area contributed by atoms with Gasteiger partial charge in [-0.05, 0) is 0 Å². The predicted molar refractivity (Wildman–Crippen MR) is 67.7 cm³/mol. The highest BCUT2D eigenvalue weighted by atomic mass is 32.2. The summed E-state index contributed by atoms with van der Waals surface area (Å²) in [5, 5.41) is 9.47.